The molecule has 1 heterocycles. The van der Waals surface area contributed by atoms with E-state index in [-0.39, 0.29) is 16.7 Å². The minimum absolute atomic E-state index is 0.0342. The van der Waals surface area contributed by atoms with Crippen molar-refractivity contribution in [2.24, 2.45) is 5.92 Å². The zero-order valence-corrected chi connectivity index (χ0v) is 14.7. The van der Waals surface area contributed by atoms with Gasteiger partial charge in [0.1, 0.15) is 5.75 Å². The average Bonchev–Trinajstić information content (AvgIpc) is 2.60. The second kappa shape index (κ2) is 8.30. The van der Waals surface area contributed by atoms with E-state index in [1.807, 2.05) is 6.92 Å². The Morgan fingerprint density at radius 3 is 2.50 bits per heavy atom. The van der Waals surface area contributed by atoms with Gasteiger partial charge in [-0.15, -0.1) is 6.58 Å². The number of benzene rings is 1. The largest absolute Gasteiger partial charge is 0.494 e. The minimum Gasteiger partial charge on any atom is -0.494 e. The lowest BCUT2D eigenvalue weighted by molar-refractivity contribution is -0.125. The van der Waals surface area contributed by atoms with E-state index >= 15 is 0 Å². The Hall–Kier alpha value is -1.86. The van der Waals surface area contributed by atoms with Crippen molar-refractivity contribution < 1.29 is 17.9 Å². The van der Waals surface area contributed by atoms with Crippen LogP contribution in [0.2, 0.25) is 0 Å². The summed E-state index contributed by atoms with van der Waals surface area (Å²) in [6.45, 7) is 7.10. The zero-order chi connectivity index (χ0) is 17.6. The van der Waals surface area contributed by atoms with Crippen LogP contribution in [0.4, 0.5) is 0 Å². The van der Waals surface area contributed by atoms with Crippen molar-refractivity contribution >= 4 is 15.9 Å². The highest BCUT2D eigenvalue weighted by Crippen LogP contribution is 2.25. The molecule has 1 aromatic carbocycles. The molecule has 1 N–H and O–H groups in total. The molecule has 0 saturated carbocycles. The van der Waals surface area contributed by atoms with Crippen LogP contribution in [0.15, 0.2) is 41.8 Å². The summed E-state index contributed by atoms with van der Waals surface area (Å²) in [5, 5.41) is 2.77. The highest BCUT2D eigenvalue weighted by Gasteiger charge is 2.31. The predicted octanol–water partition coefficient (Wildman–Crippen LogP) is 1.79. The first-order chi connectivity index (χ1) is 11.5. The van der Waals surface area contributed by atoms with Crippen LogP contribution in [0.25, 0.3) is 0 Å². The Bertz CT molecular complexity index is 662. The molecule has 1 amide bonds. The number of hydrogen-bond donors (Lipinski definition) is 1. The fraction of sp³-hybridized carbons (Fsp3) is 0.471. The van der Waals surface area contributed by atoms with Crippen LogP contribution < -0.4 is 10.1 Å². The van der Waals surface area contributed by atoms with Gasteiger partial charge in [-0.3, -0.25) is 4.79 Å². The van der Waals surface area contributed by atoms with Gasteiger partial charge in [0.15, 0.2) is 0 Å². The highest BCUT2D eigenvalue weighted by molar-refractivity contribution is 7.89. The molecule has 1 fully saturated rings. The Labute approximate surface area is 143 Å². The maximum atomic E-state index is 12.7. The molecule has 0 aromatic heterocycles. The molecular weight excluding hydrogens is 328 g/mol. The SMILES string of the molecule is C=CCNC(=O)C1CCN(S(=O)(=O)c2ccc(OCC)cc2)CC1. The van der Waals surface area contributed by atoms with E-state index in [1.165, 1.54) is 4.31 Å². The van der Waals surface area contributed by atoms with Gasteiger partial charge in [0.05, 0.1) is 11.5 Å². The van der Waals surface area contributed by atoms with Crippen LogP contribution in [-0.2, 0) is 14.8 Å². The fourth-order valence-electron chi connectivity index (χ4n) is 2.70. The molecule has 0 aliphatic carbocycles. The molecule has 0 atom stereocenters. The van der Waals surface area contributed by atoms with E-state index in [9.17, 15) is 13.2 Å². The summed E-state index contributed by atoms with van der Waals surface area (Å²) < 4.78 is 32.1. The molecule has 7 heteroatoms. The fourth-order valence-corrected chi connectivity index (χ4v) is 4.17. The predicted molar refractivity (Wildman–Crippen MR) is 92.3 cm³/mol. The smallest absolute Gasteiger partial charge is 0.243 e. The molecule has 1 aliphatic heterocycles. The number of amides is 1. The zero-order valence-electron chi connectivity index (χ0n) is 13.9. The van der Waals surface area contributed by atoms with Crippen molar-refractivity contribution in [3.63, 3.8) is 0 Å². The summed E-state index contributed by atoms with van der Waals surface area (Å²) >= 11 is 0. The molecule has 0 radical (unpaired) electrons. The minimum atomic E-state index is -3.53. The molecule has 0 bridgehead atoms. The number of hydrogen-bond acceptors (Lipinski definition) is 4. The standard InChI is InChI=1S/C17H24N2O4S/c1-3-11-18-17(20)14-9-12-19(13-10-14)24(21,22)16-7-5-15(6-8-16)23-4-2/h3,5-8,14H,1,4,9-13H2,2H3,(H,18,20). The van der Waals surface area contributed by atoms with Gasteiger partial charge in [-0.05, 0) is 44.0 Å². The second-order valence-corrected chi connectivity index (χ2v) is 7.55. The number of rotatable bonds is 7. The van der Waals surface area contributed by atoms with Crippen LogP contribution in [0, 0.1) is 5.92 Å². The summed E-state index contributed by atoms with van der Waals surface area (Å²) in [6, 6.07) is 6.43. The molecule has 132 valence electrons. The van der Waals surface area contributed by atoms with Gasteiger partial charge >= 0.3 is 0 Å². The van der Waals surface area contributed by atoms with Crippen LogP contribution in [-0.4, -0.2) is 44.9 Å². The maximum absolute atomic E-state index is 12.7. The maximum Gasteiger partial charge on any atom is 0.243 e. The first kappa shape index (κ1) is 18.5. The Kier molecular flexibility index (Phi) is 6.39. The van der Waals surface area contributed by atoms with E-state index in [0.29, 0.717) is 44.8 Å². The number of ether oxygens (including phenoxy) is 1. The number of nitrogens with one attached hydrogen (secondary N) is 1. The normalized spacial score (nSPS) is 16.5. The van der Waals surface area contributed by atoms with E-state index < -0.39 is 10.0 Å². The Balaban J connectivity index is 1.99. The Morgan fingerprint density at radius 2 is 1.96 bits per heavy atom. The molecule has 2 rings (SSSR count). The van der Waals surface area contributed by atoms with Crippen LogP contribution in [0.1, 0.15) is 19.8 Å². The molecule has 1 aliphatic rings. The second-order valence-electron chi connectivity index (χ2n) is 5.62. The van der Waals surface area contributed by atoms with Crippen molar-refractivity contribution in [1.29, 1.82) is 0 Å². The first-order valence-electron chi connectivity index (χ1n) is 8.10. The molecule has 1 saturated heterocycles. The molecular formula is C17H24N2O4S. The number of carbonyl (C=O) groups excluding carboxylic acids is 1. The van der Waals surface area contributed by atoms with Crippen molar-refractivity contribution in [3.8, 4) is 5.75 Å². The number of carbonyl (C=O) groups is 1. The van der Waals surface area contributed by atoms with Crippen LogP contribution in [0.3, 0.4) is 0 Å². The van der Waals surface area contributed by atoms with Crippen molar-refractivity contribution in [1.82, 2.24) is 9.62 Å². The topological polar surface area (TPSA) is 75.7 Å². The summed E-state index contributed by atoms with van der Waals surface area (Å²) in [5.74, 6) is 0.471. The lowest BCUT2D eigenvalue weighted by Crippen LogP contribution is -2.43. The monoisotopic (exact) mass is 352 g/mol. The van der Waals surface area contributed by atoms with Crippen molar-refractivity contribution in [2.45, 2.75) is 24.7 Å². The Morgan fingerprint density at radius 1 is 1.33 bits per heavy atom. The summed E-state index contributed by atoms with van der Waals surface area (Å²) in [7, 11) is -3.53. The van der Waals surface area contributed by atoms with E-state index in [4.69, 9.17) is 4.74 Å². The first-order valence-corrected chi connectivity index (χ1v) is 9.54. The third kappa shape index (κ3) is 4.36. The quantitative estimate of drug-likeness (QED) is 0.759. The van der Waals surface area contributed by atoms with E-state index in [1.54, 1.807) is 30.3 Å². The molecule has 0 unspecified atom stereocenters. The summed E-state index contributed by atoms with van der Waals surface area (Å²) in [4.78, 5) is 12.2. The number of piperidine rings is 1. The van der Waals surface area contributed by atoms with Gasteiger partial charge in [0, 0.05) is 25.6 Å². The highest BCUT2D eigenvalue weighted by atomic mass is 32.2. The molecule has 24 heavy (non-hydrogen) atoms. The number of sulfonamides is 1. The average molecular weight is 352 g/mol. The van der Waals surface area contributed by atoms with E-state index in [0.717, 1.165) is 0 Å². The van der Waals surface area contributed by atoms with Crippen molar-refractivity contribution in [3.05, 3.63) is 36.9 Å². The van der Waals surface area contributed by atoms with Gasteiger partial charge in [-0.2, -0.15) is 4.31 Å². The van der Waals surface area contributed by atoms with E-state index in [2.05, 4.69) is 11.9 Å². The summed E-state index contributed by atoms with van der Waals surface area (Å²) in [5.41, 5.74) is 0. The third-order valence-electron chi connectivity index (χ3n) is 4.02. The van der Waals surface area contributed by atoms with Gasteiger partial charge in [-0.1, -0.05) is 6.08 Å². The van der Waals surface area contributed by atoms with Crippen LogP contribution in [0.5, 0.6) is 5.75 Å². The lowest BCUT2D eigenvalue weighted by atomic mass is 9.97. The van der Waals surface area contributed by atoms with Gasteiger partial charge in [0.2, 0.25) is 15.9 Å². The summed E-state index contributed by atoms with van der Waals surface area (Å²) in [6.07, 6.45) is 2.68. The third-order valence-corrected chi connectivity index (χ3v) is 5.93. The van der Waals surface area contributed by atoms with Gasteiger partial charge in [-0.25, -0.2) is 8.42 Å². The van der Waals surface area contributed by atoms with Gasteiger partial charge < -0.3 is 10.1 Å². The number of nitrogens with zero attached hydrogens (tertiary/aromatic N) is 1. The lowest BCUT2D eigenvalue weighted by Gasteiger charge is -2.30. The van der Waals surface area contributed by atoms with Gasteiger partial charge in [0.25, 0.3) is 0 Å². The molecule has 6 nitrogen and oxygen atoms in total. The molecule has 0 spiro atoms. The van der Waals surface area contributed by atoms with Crippen molar-refractivity contribution in [2.75, 3.05) is 26.2 Å². The molecule has 1 aromatic rings. The van der Waals surface area contributed by atoms with Crippen LogP contribution >= 0.6 is 0 Å².